The fourth-order valence-corrected chi connectivity index (χ4v) is 1.43. The van der Waals surface area contributed by atoms with Crippen LogP contribution in [0.25, 0.3) is 0 Å². The Hall–Kier alpha value is -1.64. The molecule has 18 heavy (non-hydrogen) atoms. The lowest BCUT2D eigenvalue weighted by Crippen LogP contribution is -2.11. The number of nitro groups is 1. The van der Waals surface area contributed by atoms with Crippen molar-refractivity contribution in [3.05, 3.63) is 32.8 Å². The van der Waals surface area contributed by atoms with Crippen LogP contribution < -0.4 is 4.74 Å². The lowest BCUT2D eigenvalue weighted by molar-refractivity contribution is -0.387. The molecule has 0 unspecified atom stereocenters. The van der Waals surface area contributed by atoms with Crippen LogP contribution in [0, 0.1) is 10.1 Å². The largest absolute Gasteiger partial charge is 0.435 e. The molecule has 1 aromatic rings. The second kappa shape index (κ2) is 4.92. The highest BCUT2D eigenvalue weighted by molar-refractivity contribution is 6.33. The van der Waals surface area contributed by atoms with Gasteiger partial charge >= 0.3 is 12.8 Å². The van der Waals surface area contributed by atoms with Gasteiger partial charge in [0.25, 0.3) is 5.69 Å². The van der Waals surface area contributed by atoms with E-state index >= 15 is 0 Å². The maximum absolute atomic E-state index is 12.5. The first-order chi connectivity index (χ1) is 8.12. The Labute approximate surface area is 101 Å². The second-order valence-corrected chi connectivity index (χ2v) is 3.34. The number of alkyl halides is 5. The summed E-state index contributed by atoms with van der Waals surface area (Å²) in [6, 6.07) is 0.608. The number of benzene rings is 1. The standard InChI is InChI=1S/C8H3ClF5NO3/c9-5-2-3(18-7(10)11)1-4(8(12,13)14)6(5)15(16)17/h1-2,7H. The van der Waals surface area contributed by atoms with Crippen molar-refractivity contribution in [1.82, 2.24) is 0 Å². The normalized spacial score (nSPS) is 11.7. The number of nitrogens with zero attached hydrogens (tertiary/aromatic N) is 1. The molecule has 10 heteroatoms. The van der Waals surface area contributed by atoms with Crippen LogP contribution in [0.2, 0.25) is 5.02 Å². The molecule has 4 nitrogen and oxygen atoms in total. The summed E-state index contributed by atoms with van der Waals surface area (Å²) in [5, 5.41) is 9.52. The Morgan fingerprint density at radius 1 is 1.33 bits per heavy atom. The number of hydrogen-bond acceptors (Lipinski definition) is 3. The Kier molecular flexibility index (Phi) is 3.95. The van der Waals surface area contributed by atoms with E-state index < -0.39 is 39.7 Å². The molecule has 0 aliphatic carbocycles. The molecule has 0 heterocycles. The molecule has 0 saturated heterocycles. The van der Waals surface area contributed by atoms with Gasteiger partial charge in [-0.2, -0.15) is 22.0 Å². The fourth-order valence-electron chi connectivity index (χ4n) is 1.15. The van der Waals surface area contributed by atoms with Gasteiger partial charge in [0, 0.05) is 6.07 Å². The first kappa shape index (κ1) is 14.4. The minimum absolute atomic E-state index is 0.0934. The third kappa shape index (κ3) is 3.19. The van der Waals surface area contributed by atoms with Crippen molar-refractivity contribution in [3.8, 4) is 5.75 Å². The molecule has 0 amide bonds. The van der Waals surface area contributed by atoms with Crippen LogP contribution in [-0.2, 0) is 6.18 Å². The highest BCUT2D eigenvalue weighted by atomic mass is 35.5. The highest BCUT2D eigenvalue weighted by Gasteiger charge is 2.40. The molecule has 0 aromatic heterocycles. The molecule has 1 aromatic carbocycles. The van der Waals surface area contributed by atoms with Crippen LogP contribution >= 0.6 is 11.6 Å². The van der Waals surface area contributed by atoms with Gasteiger partial charge in [-0.1, -0.05) is 11.6 Å². The van der Waals surface area contributed by atoms with Crippen molar-refractivity contribution >= 4 is 17.3 Å². The molecular formula is C8H3ClF5NO3. The average Bonchev–Trinajstić information content (AvgIpc) is 2.12. The van der Waals surface area contributed by atoms with E-state index in [2.05, 4.69) is 4.74 Å². The van der Waals surface area contributed by atoms with Gasteiger partial charge < -0.3 is 4.74 Å². The summed E-state index contributed by atoms with van der Waals surface area (Å²) in [5.74, 6) is -0.909. The number of halogens is 6. The zero-order valence-electron chi connectivity index (χ0n) is 8.17. The van der Waals surface area contributed by atoms with Gasteiger partial charge in [0.15, 0.2) is 0 Å². The van der Waals surface area contributed by atoms with Gasteiger partial charge in [0.2, 0.25) is 0 Å². The van der Waals surface area contributed by atoms with Crippen molar-refractivity contribution in [2.24, 2.45) is 0 Å². The molecule has 0 aliphatic rings. The third-order valence-corrected chi connectivity index (χ3v) is 2.04. The lowest BCUT2D eigenvalue weighted by atomic mass is 10.1. The van der Waals surface area contributed by atoms with E-state index in [9.17, 15) is 32.1 Å². The number of ether oxygens (including phenoxy) is 1. The summed E-state index contributed by atoms with van der Waals surface area (Å²) in [5.41, 5.74) is -3.17. The van der Waals surface area contributed by atoms with E-state index in [4.69, 9.17) is 11.6 Å². The highest BCUT2D eigenvalue weighted by Crippen LogP contribution is 2.42. The van der Waals surface area contributed by atoms with E-state index in [1.165, 1.54) is 0 Å². The topological polar surface area (TPSA) is 52.4 Å². The summed E-state index contributed by atoms with van der Waals surface area (Å²) < 4.78 is 64.9. The predicted octanol–water partition coefficient (Wildman–Crippen LogP) is 3.87. The van der Waals surface area contributed by atoms with Gasteiger partial charge in [-0.05, 0) is 6.07 Å². The fraction of sp³-hybridized carbons (Fsp3) is 0.250. The van der Waals surface area contributed by atoms with E-state index in [-0.39, 0.29) is 6.07 Å². The van der Waals surface area contributed by atoms with Crippen molar-refractivity contribution in [2.75, 3.05) is 0 Å². The Bertz CT molecular complexity index is 477. The minimum atomic E-state index is -5.12. The van der Waals surface area contributed by atoms with Gasteiger partial charge in [0.05, 0.1) is 4.92 Å². The van der Waals surface area contributed by atoms with Crippen LogP contribution in [0.4, 0.5) is 27.6 Å². The summed E-state index contributed by atoms with van der Waals surface area (Å²) in [7, 11) is 0. The summed E-state index contributed by atoms with van der Waals surface area (Å²) in [6.07, 6.45) is -5.12. The van der Waals surface area contributed by atoms with Crippen LogP contribution in [0.3, 0.4) is 0 Å². The molecule has 0 bridgehead atoms. The average molecular weight is 292 g/mol. The molecule has 0 spiro atoms. The molecule has 0 aliphatic heterocycles. The SMILES string of the molecule is O=[N+]([O-])c1c(Cl)cc(OC(F)F)cc1C(F)(F)F. The van der Waals surface area contributed by atoms with E-state index in [1.807, 2.05) is 0 Å². The van der Waals surface area contributed by atoms with Crippen LogP contribution in [0.1, 0.15) is 5.56 Å². The second-order valence-electron chi connectivity index (χ2n) is 2.93. The smallest absolute Gasteiger partial charge is 0.423 e. The number of nitro benzene ring substituents is 1. The molecule has 0 fully saturated rings. The first-order valence-electron chi connectivity index (χ1n) is 4.13. The Morgan fingerprint density at radius 3 is 2.28 bits per heavy atom. The van der Waals surface area contributed by atoms with Crippen molar-refractivity contribution in [2.45, 2.75) is 12.8 Å². The molecule has 0 saturated carbocycles. The first-order valence-corrected chi connectivity index (χ1v) is 4.50. The van der Waals surface area contributed by atoms with Crippen molar-refractivity contribution in [1.29, 1.82) is 0 Å². The minimum Gasteiger partial charge on any atom is -0.435 e. The monoisotopic (exact) mass is 291 g/mol. The zero-order valence-corrected chi connectivity index (χ0v) is 8.93. The van der Waals surface area contributed by atoms with E-state index in [1.54, 1.807) is 0 Å². The van der Waals surface area contributed by atoms with E-state index in [0.29, 0.717) is 6.07 Å². The summed E-state index contributed by atoms with van der Waals surface area (Å²) in [6.45, 7) is -3.37. The van der Waals surface area contributed by atoms with Gasteiger partial charge in [0.1, 0.15) is 16.3 Å². The van der Waals surface area contributed by atoms with Crippen molar-refractivity contribution < 1.29 is 31.6 Å². The number of rotatable bonds is 3. The predicted molar refractivity (Wildman–Crippen MR) is 49.7 cm³/mol. The molecule has 0 atom stereocenters. The summed E-state index contributed by atoms with van der Waals surface area (Å²) in [4.78, 5) is 9.11. The van der Waals surface area contributed by atoms with E-state index in [0.717, 1.165) is 0 Å². The summed E-state index contributed by atoms with van der Waals surface area (Å²) >= 11 is 5.25. The number of hydrogen-bond donors (Lipinski definition) is 0. The molecule has 0 radical (unpaired) electrons. The quantitative estimate of drug-likeness (QED) is 0.482. The van der Waals surface area contributed by atoms with Crippen molar-refractivity contribution in [3.63, 3.8) is 0 Å². The Balaban J connectivity index is 3.43. The van der Waals surface area contributed by atoms with Crippen LogP contribution in [0.15, 0.2) is 12.1 Å². The van der Waals surface area contributed by atoms with Gasteiger partial charge in [-0.3, -0.25) is 10.1 Å². The zero-order chi connectivity index (χ0) is 14.1. The molecular weight excluding hydrogens is 289 g/mol. The molecule has 0 N–H and O–H groups in total. The Morgan fingerprint density at radius 2 is 1.89 bits per heavy atom. The van der Waals surface area contributed by atoms with Crippen LogP contribution in [0.5, 0.6) is 5.75 Å². The lowest BCUT2D eigenvalue weighted by Gasteiger charge is -2.11. The van der Waals surface area contributed by atoms with Gasteiger partial charge in [-0.25, -0.2) is 0 Å². The third-order valence-electron chi connectivity index (χ3n) is 1.75. The maximum Gasteiger partial charge on any atom is 0.423 e. The van der Waals surface area contributed by atoms with Crippen LogP contribution in [-0.4, -0.2) is 11.5 Å². The van der Waals surface area contributed by atoms with Gasteiger partial charge in [-0.15, -0.1) is 0 Å². The maximum atomic E-state index is 12.5. The molecule has 100 valence electrons. The molecule has 1 rings (SSSR count).